The monoisotopic (exact) mass is 301 g/mol. The minimum atomic E-state index is -0.154. The summed E-state index contributed by atoms with van der Waals surface area (Å²) in [6.07, 6.45) is 6.29. The highest BCUT2D eigenvalue weighted by atomic mass is 32.2. The summed E-state index contributed by atoms with van der Waals surface area (Å²) in [5, 5.41) is 6.14. The van der Waals surface area contributed by atoms with Crippen molar-refractivity contribution in [2.24, 2.45) is 0 Å². The van der Waals surface area contributed by atoms with Crippen molar-refractivity contribution in [1.82, 2.24) is 4.98 Å². The van der Waals surface area contributed by atoms with Crippen molar-refractivity contribution in [2.75, 3.05) is 23.4 Å². The molecule has 1 aromatic carbocycles. The van der Waals surface area contributed by atoms with E-state index in [2.05, 4.69) is 22.5 Å². The van der Waals surface area contributed by atoms with Crippen molar-refractivity contribution < 1.29 is 4.79 Å². The van der Waals surface area contributed by atoms with Crippen molar-refractivity contribution >= 4 is 29.0 Å². The van der Waals surface area contributed by atoms with Crippen molar-refractivity contribution in [3.8, 4) is 0 Å². The van der Waals surface area contributed by atoms with Gasteiger partial charge < -0.3 is 10.6 Å². The molecule has 1 aromatic heterocycles. The first-order chi connectivity index (χ1) is 10.2. The molecule has 0 fully saturated rings. The molecule has 0 spiro atoms. The fourth-order valence-electron chi connectivity index (χ4n) is 1.86. The van der Waals surface area contributed by atoms with Gasteiger partial charge in [-0.05, 0) is 43.0 Å². The van der Waals surface area contributed by atoms with E-state index in [1.54, 1.807) is 24.2 Å². The molecule has 2 aromatic rings. The number of benzene rings is 1. The van der Waals surface area contributed by atoms with Gasteiger partial charge in [-0.1, -0.05) is 6.92 Å². The summed E-state index contributed by atoms with van der Waals surface area (Å²) < 4.78 is 0. The second-order valence-electron chi connectivity index (χ2n) is 4.53. The van der Waals surface area contributed by atoms with Gasteiger partial charge in [-0.25, -0.2) is 0 Å². The summed E-state index contributed by atoms with van der Waals surface area (Å²) in [6, 6.07) is 9.60. The predicted octanol–water partition coefficient (Wildman–Crippen LogP) is 3.88. The van der Waals surface area contributed by atoms with Crippen LogP contribution in [0.2, 0.25) is 0 Å². The van der Waals surface area contributed by atoms with E-state index in [9.17, 15) is 4.79 Å². The van der Waals surface area contributed by atoms with Gasteiger partial charge >= 0.3 is 0 Å². The average Bonchev–Trinajstić information content (AvgIpc) is 2.54. The quantitative estimate of drug-likeness (QED) is 0.795. The number of carbonyl (C=O) groups excluding carboxylic acids is 1. The molecular formula is C16H19N3OS. The molecule has 1 heterocycles. The molecule has 0 atom stereocenters. The lowest BCUT2D eigenvalue weighted by Gasteiger charge is -2.11. The lowest BCUT2D eigenvalue weighted by atomic mass is 10.2. The zero-order chi connectivity index (χ0) is 15.1. The maximum Gasteiger partial charge on any atom is 0.259 e. The van der Waals surface area contributed by atoms with Crippen LogP contribution in [0.1, 0.15) is 23.7 Å². The fraction of sp³-hybridized carbons (Fsp3) is 0.250. The fourth-order valence-corrected chi connectivity index (χ4v) is 2.27. The Bertz CT molecular complexity index is 599. The second kappa shape index (κ2) is 7.69. The van der Waals surface area contributed by atoms with E-state index >= 15 is 0 Å². The Balaban J connectivity index is 2.12. The molecule has 0 unspecified atom stereocenters. The van der Waals surface area contributed by atoms with E-state index in [1.807, 2.05) is 36.6 Å². The largest absolute Gasteiger partial charge is 0.384 e. The highest BCUT2D eigenvalue weighted by molar-refractivity contribution is 7.98. The Labute approximate surface area is 129 Å². The number of rotatable bonds is 6. The number of hydrogen-bond donors (Lipinski definition) is 2. The van der Waals surface area contributed by atoms with Crippen LogP contribution in [0.3, 0.4) is 0 Å². The molecule has 0 aliphatic rings. The summed E-state index contributed by atoms with van der Waals surface area (Å²) >= 11 is 1.67. The third-order valence-corrected chi connectivity index (χ3v) is 3.72. The minimum Gasteiger partial charge on any atom is -0.384 e. The van der Waals surface area contributed by atoms with E-state index in [0.29, 0.717) is 5.56 Å². The molecule has 0 aliphatic carbocycles. The second-order valence-corrected chi connectivity index (χ2v) is 5.41. The number of thioether (sulfide) groups is 1. The number of nitrogens with zero attached hydrogens (tertiary/aromatic N) is 1. The van der Waals surface area contributed by atoms with Crippen LogP contribution in [-0.4, -0.2) is 23.7 Å². The smallest absolute Gasteiger partial charge is 0.259 e. The number of aromatic nitrogens is 1. The summed E-state index contributed by atoms with van der Waals surface area (Å²) in [5.41, 5.74) is 2.15. The third-order valence-electron chi connectivity index (χ3n) is 2.98. The Kier molecular flexibility index (Phi) is 5.63. The summed E-state index contributed by atoms with van der Waals surface area (Å²) in [5.74, 6) is -0.154. The molecular weight excluding hydrogens is 282 g/mol. The first kappa shape index (κ1) is 15.4. The van der Waals surface area contributed by atoms with Gasteiger partial charge in [0.05, 0.1) is 11.3 Å². The van der Waals surface area contributed by atoms with Crippen LogP contribution < -0.4 is 10.6 Å². The molecule has 5 heteroatoms. The molecule has 1 amide bonds. The Morgan fingerprint density at radius 1 is 1.24 bits per heavy atom. The van der Waals surface area contributed by atoms with E-state index in [-0.39, 0.29) is 5.91 Å². The zero-order valence-electron chi connectivity index (χ0n) is 12.2. The van der Waals surface area contributed by atoms with E-state index < -0.39 is 0 Å². The van der Waals surface area contributed by atoms with Crippen LogP contribution in [0.4, 0.5) is 11.4 Å². The lowest BCUT2D eigenvalue weighted by Crippen LogP contribution is -2.15. The van der Waals surface area contributed by atoms with Gasteiger partial charge in [-0.15, -0.1) is 11.8 Å². The normalized spacial score (nSPS) is 10.2. The van der Waals surface area contributed by atoms with Gasteiger partial charge in [-0.2, -0.15) is 0 Å². The summed E-state index contributed by atoms with van der Waals surface area (Å²) in [7, 11) is 0. The van der Waals surface area contributed by atoms with Crippen LogP contribution in [0.25, 0.3) is 0 Å². The first-order valence-corrected chi connectivity index (χ1v) is 8.10. The highest BCUT2D eigenvalue weighted by Gasteiger charge is 2.11. The number of amides is 1. The molecule has 0 aliphatic heterocycles. The lowest BCUT2D eigenvalue weighted by molar-refractivity contribution is 0.102. The van der Waals surface area contributed by atoms with Crippen molar-refractivity contribution in [1.29, 1.82) is 0 Å². The van der Waals surface area contributed by atoms with Crippen LogP contribution in [0, 0.1) is 0 Å². The van der Waals surface area contributed by atoms with E-state index in [4.69, 9.17) is 0 Å². The van der Waals surface area contributed by atoms with Gasteiger partial charge in [-0.3, -0.25) is 9.78 Å². The van der Waals surface area contributed by atoms with Gasteiger partial charge in [0.2, 0.25) is 0 Å². The molecule has 0 bridgehead atoms. The first-order valence-electron chi connectivity index (χ1n) is 6.88. The number of pyridine rings is 1. The van der Waals surface area contributed by atoms with Gasteiger partial charge in [0.15, 0.2) is 0 Å². The predicted molar refractivity (Wildman–Crippen MR) is 89.2 cm³/mol. The van der Waals surface area contributed by atoms with Gasteiger partial charge in [0, 0.05) is 29.5 Å². The SMILES string of the molecule is CCCNc1ccncc1C(=O)Nc1ccc(SC)cc1. The summed E-state index contributed by atoms with van der Waals surface area (Å²) in [4.78, 5) is 17.6. The van der Waals surface area contributed by atoms with Crippen LogP contribution in [-0.2, 0) is 0 Å². The van der Waals surface area contributed by atoms with Crippen molar-refractivity contribution in [3.63, 3.8) is 0 Å². The van der Waals surface area contributed by atoms with Crippen LogP contribution >= 0.6 is 11.8 Å². The molecule has 0 radical (unpaired) electrons. The van der Waals surface area contributed by atoms with Gasteiger partial charge in [0.25, 0.3) is 5.91 Å². The number of carbonyl (C=O) groups is 1. The molecule has 0 saturated heterocycles. The maximum absolute atomic E-state index is 12.4. The topological polar surface area (TPSA) is 54.0 Å². The average molecular weight is 301 g/mol. The van der Waals surface area contributed by atoms with Crippen molar-refractivity contribution in [2.45, 2.75) is 18.2 Å². The van der Waals surface area contributed by atoms with Crippen molar-refractivity contribution in [3.05, 3.63) is 48.3 Å². The molecule has 2 rings (SSSR count). The molecule has 2 N–H and O–H groups in total. The van der Waals surface area contributed by atoms with Gasteiger partial charge in [0.1, 0.15) is 0 Å². The third kappa shape index (κ3) is 4.23. The molecule has 21 heavy (non-hydrogen) atoms. The maximum atomic E-state index is 12.4. The van der Waals surface area contributed by atoms with E-state index in [0.717, 1.165) is 24.3 Å². The number of nitrogens with one attached hydrogen (secondary N) is 2. The molecule has 0 saturated carbocycles. The number of anilines is 2. The Morgan fingerprint density at radius 3 is 2.67 bits per heavy atom. The summed E-state index contributed by atoms with van der Waals surface area (Å²) in [6.45, 7) is 2.91. The van der Waals surface area contributed by atoms with E-state index in [1.165, 1.54) is 4.90 Å². The van der Waals surface area contributed by atoms with Crippen LogP contribution in [0.15, 0.2) is 47.6 Å². The standard InChI is InChI=1S/C16H19N3OS/c1-3-9-18-15-8-10-17-11-14(15)16(20)19-12-4-6-13(21-2)7-5-12/h4-8,10-11H,3,9H2,1-2H3,(H,17,18)(H,19,20). The zero-order valence-corrected chi connectivity index (χ0v) is 13.0. The Morgan fingerprint density at radius 2 is 2.00 bits per heavy atom. The van der Waals surface area contributed by atoms with Crippen LogP contribution in [0.5, 0.6) is 0 Å². The number of hydrogen-bond acceptors (Lipinski definition) is 4. The molecule has 110 valence electrons. The highest BCUT2D eigenvalue weighted by Crippen LogP contribution is 2.19. The molecule has 4 nitrogen and oxygen atoms in total. The minimum absolute atomic E-state index is 0.154. The Hall–Kier alpha value is -2.01.